The summed E-state index contributed by atoms with van der Waals surface area (Å²) >= 11 is 4.97. The number of thiocarbonyl (C=S) groups is 1. The van der Waals surface area contributed by atoms with Gasteiger partial charge in [0.2, 0.25) is 0 Å². The third-order valence-electron chi connectivity index (χ3n) is 3.14. The summed E-state index contributed by atoms with van der Waals surface area (Å²) < 4.78 is 0. The van der Waals surface area contributed by atoms with Gasteiger partial charge in [0.05, 0.1) is 11.6 Å². The van der Waals surface area contributed by atoms with Crippen LogP contribution in [0.2, 0.25) is 0 Å². The number of nitrogens with zero attached hydrogens (tertiary/aromatic N) is 1. The first-order valence-electron chi connectivity index (χ1n) is 6.31. The van der Waals surface area contributed by atoms with E-state index in [9.17, 15) is 4.79 Å². The lowest BCUT2D eigenvalue weighted by atomic mass is 9.99. The first-order chi connectivity index (χ1) is 9.74. The molecule has 0 aliphatic heterocycles. The first kappa shape index (κ1) is 14.1. The van der Waals surface area contributed by atoms with E-state index in [2.05, 4.69) is 0 Å². The number of nitriles is 1. The van der Waals surface area contributed by atoms with Gasteiger partial charge in [-0.05, 0) is 29.7 Å². The van der Waals surface area contributed by atoms with Crippen molar-refractivity contribution in [2.75, 3.05) is 0 Å². The van der Waals surface area contributed by atoms with Gasteiger partial charge in [-0.25, -0.2) is 0 Å². The minimum atomic E-state index is 0.0775. The Morgan fingerprint density at radius 3 is 2.50 bits per heavy atom. The van der Waals surface area contributed by atoms with E-state index < -0.39 is 0 Å². The van der Waals surface area contributed by atoms with Gasteiger partial charge < -0.3 is 0 Å². The smallest absolute Gasteiger partial charge is 0.163 e. The molecular weight excluding hydrogens is 266 g/mol. The van der Waals surface area contributed by atoms with Gasteiger partial charge in [-0.2, -0.15) is 5.26 Å². The molecule has 0 heterocycles. The van der Waals surface area contributed by atoms with Crippen LogP contribution in [-0.4, -0.2) is 11.2 Å². The normalized spacial score (nSPS) is 9.75. The van der Waals surface area contributed by atoms with Gasteiger partial charge in [0.1, 0.15) is 0 Å². The van der Waals surface area contributed by atoms with E-state index in [1.165, 1.54) is 0 Å². The molecule has 0 saturated carbocycles. The summed E-state index contributed by atoms with van der Waals surface area (Å²) in [5.41, 5.74) is 3.29. The molecular formula is C17H13NOS. The molecule has 0 spiro atoms. The zero-order valence-electron chi connectivity index (χ0n) is 10.9. The summed E-state index contributed by atoms with van der Waals surface area (Å²) in [5.74, 6) is 0.0775. The number of rotatable bonds is 5. The maximum atomic E-state index is 12.1. The van der Waals surface area contributed by atoms with Crippen molar-refractivity contribution in [3.05, 3.63) is 70.8 Å². The number of aryl methyl sites for hydroxylation is 1. The van der Waals surface area contributed by atoms with Crippen molar-refractivity contribution in [3.8, 4) is 6.07 Å². The third-order valence-corrected chi connectivity index (χ3v) is 3.39. The molecule has 0 fully saturated rings. The molecule has 3 heteroatoms. The van der Waals surface area contributed by atoms with Crippen LogP contribution in [0.15, 0.2) is 48.5 Å². The number of ketones is 1. The molecule has 0 N–H and O–H groups in total. The number of carbonyl (C=O) groups excluding carboxylic acids is 1. The van der Waals surface area contributed by atoms with Crippen molar-refractivity contribution in [2.24, 2.45) is 0 Å². The molecule has 2 rings (SSSR count). The van der Waals surface area contributed by atoms with E-state index in [1.54, 1.807) is 29.6 Å². The minimum Gasteiger partial charge on any atom is -0.294 e. The van der Waals surface area contributed by atoms with Crippen LogP contribution in [0.1, 0.15) is 33.5 Å². The molecule has 0 aliphatic rings. The number of benzene rings is 2. The maximum Gasteiger partial charge on any atom is 0.163 e. The molecule has 0 atom stereocenters. The minimum absolute atomic E-state index is 0.0775. The van der Waals surface area contributed by atoms with E-state index in [4.69, 9.17) is 17.5 Å². The highest BCUT2D eigenvalue weighted by atomic mass is 32.1. The summed E-state index contributed by atoms with van der Waals surface area (Å²) in [4.78, 5) is 12.1. The zero-order valence-corrected chi connectivity index (χ0v) is 11.7. The van der Waals surface area contributed by atoms with E-state index in [0.717, 1.165) is 11.1 Å². The second-order valence-corrected chi connectivity index (χ2v) is 4.66. The second kappa shape index (κ2) is 6.74. The second-order valence-electron chi connectivity index (χ2n) is 4.43. The van der Waals surface area contributed by atoms with Crippen LogP contribution < -0.4 is 0 Å². The Morgan fingerprint density at radius 1 is 1.15 bits per heavy atom. The summed E-state index contributed by atoms with van der Waals surface area (Å²) in [6, 6.07) is 16.6. The summed E-state index contributed by atoms with van der Waals surface area (Å²) in [6.45, 7) is 0. The van der Waals surface area contributed by atoms with Crippen molar-refractivity contribution >= 4 is 23.4 Å². The predicted molar refractivity (Wildman–Crippen MR) is 83.0 cm³/mol. The fourth-order valence-corrected chi connectivity index (χ4v) is 2.23. The van der Waals surface area contributed by atoms with Crippen molar-refractivity contribution in [1.82, 2.24) is 0 Å². The van der Waals surface area contributed by atoms with E-state index in [1.807, 2.05) is 30.3 Å². The molecule has 0 unspecified atom stereocenters. The van der Waals surface area contributed by atoms with Gasteiger partial charge >= 0.3 is 0 Å². The molecule has 0 aliphatic carbocycles. The fourth-order valence-electron chi connectivity index (χ4n) is 2.00. The summed E-state index contributed by atoms with van der Waals surface area (Å²) in [5, 5.41) is 10.4. The Labute approximate surface area is 123 Å². The highest BCUT2D eigenvalue weighted by Gasteiger charge is 2.07. The molecule has 0 radical (unpaired) electrons. The topological polar surface area (TPSA) is 40.9 Å². The van der Waals surface area contributed by atoms with Crippen LogP contribution in [0.25, 0.3) is 0 Å². The van der Waals surface area contributed by atoms with Gasteiger partial charge in [-0.15, -0.1) is 0 Å². The van der Waals surface area contributed by atoms with Crippen LogP contribution in [0.3, 0.4) is 0 Å². The summed E-state index contributed by atoms with van der Waals surface area (Å²) in [6.07, 6.45) is 1.11. The maximum absolute atomic E-state index is 12.1. The zero-order chi connectivity index (χ0) is 14.4. The van der Waals surface area contributed by atoms with Gasteiger partial charge in [0.15, 0.2) is 5.78 Å². The molecule has 98 valence electrons. The van der Waals surface area contributed by atoms with E-state index in [0.29, 0.717) is 24.0 Å². The lowest BCUT2D eigenvalue weighted by Gasteiger charge is -2.05. The van der Waals surface area contributed by atoms with Crippen LogP contribution in [-0.2, 0) is 6.42 Å². The molecule has 0 amide bonds. The standard InChI is InChI=1S/C17H13NOS/c18-11-13-5-7-15(8-6-13)17(19)10-9-14-3-1-2-4-16(14)12-20/h1-8,12H,9-10H2. The van der Waals surface area contributed by atoms with Crippen LogP contribution in [0.4, 0.5) is 0 Å². The van der Waals surface area contributed by atoms with Crippen LogP contribution in [0.5, 0.6) is 0 Å². The van der Waals surface area contributed by atoms with Crippen LogP contribution in [0, 0.1) is 11.3 Å². The third kappa shape index (κ3) is 3.37. The van der Waals surface area contributed by atoms with E-state index in [-0.39, 0.29) is 5.78 Å². The summed E-state index contributed by atoms with van der Waals surface area (Å²) in [7, 11) is 0. The highest BCUT2D eigenvalue weighted by molar-refractivity contribution is 7.79. The number of hydrogen-bond acceptors (Lipinski definition) is 3. The number of carbonyl (C=O) groups is 1. The lowest BCUT2D eigenvalue weighted by molar-refractivity contribution is 0.0983. The Hall–Kier alpha value is -2.31. The monoisotopic (exact) mass is 279 g/mol. The van der Waals surface area contributed by atoms with Crippen molar-refractivity contribution in [3.63, 3.8) is 0 Å². The molecule has 20 heavy (non-hydrogen) atoms. The highest BCUT2D eigenvalue weighted by Crippen LogP contribution is 2.12. The Balaban J connectivity index is 2.05. The van der Waals surface area contributed by atoms with Gasteiger partial charge in [-0.1, -0.05) is 48.6 Å². The average Bonchev–Trinajstić information content (AvgIpc) is 2.53. The van der Waals surface area contributed by atoms with Gasteiger partial charge in [0.25, 0.3) is 0 Å². The molecule has 2 aromatic rings. The van der Waals surface area contributed by atoms with Gasteiger partial charge in [-0.3, -0.25) is 4.79 Å². The van der Waals surface area contributed by atoms with Gasteiger partial charge in [0, 0.05) is 17.4 Å². The number of hydrogen-bond donors (Lipinski definition) is 0. The predicted octanol–water partition coefficient (Wildman–Crippen LogP) is 3.72. The molecule has 0 aromatic heterocycles. The molecule has 2 aromatic carbocycles. The molecule has 0 saturated heterocycles. The van der Waals surface area contributed by atoms with E-state index >= 15 is 0 Å². The Kier molecular flexibility index (Phi) is 4.75. The molecule has 0 bridgehead atoms. The lowest BCUT2D eigenvalue weighted by Crippen LogP contribution is -2.02. The first-order valence-corrected chi connectivity index (χ1v) is 6.78. The molecule has 2 nitrogen and oxygen atoms in total. The quantitative estimate of drug-likeness (QED) is 0.618. The van der Waals surface area contributed by atoms with Crippen LogP contribution >= 0.6 is 12.2 Å². The largest absolute Gasteiger partial charge is 0.294 e. The van der Waals surface area contributed by atoms with Crippen molar-refractivity contribution < 1.29 is 4.79 Å². The Bertz CT molecular complexity index is 668. The van der Waals surface area contributed by atoms with Crippen molar-refractivity contribution in [2.45, 2.75) is 12.8 Å². The Morgan fingerprint density at radius 2 is 1.85 bits per heavy atom. The average molecular weight is 279 g/mol. The fraction of sp³-hybridized carbons (Fsp3) is 0.118. The SMILES string of the molecule is N#Cc1ccc(C(=O)CCc2ccccc2C=S)cc1. The van der Waals surface area contributed by atoms with Crippen molar-refractivity contribution in [1.29, 1.82) is 5.26 Å². The number of Topliss-reactive ketones (excluding diaryl/α,β-unsaturated/α-hetero) is 1.